The van der Waals surface area contributed by atoms with E-state index in [0.29, 0.717) is 5.89 Å². The van der Waals surface area contributed by atoms with E-state index in [9.17, 15) is 4.79 Å². The first kappa shape index (κ1) is 24.9. The number of piperidine rings is 2. The molecule has 0 saturated carbocycles. The van der Waals surface area contributed by atoms with E-state index >= 15 is 0 Å². The van der Waals surface area contributed by atoms with Crippen molar-refractivity contribution >= 4 is 5.91 Å². The van der Waals surface area contributed by atoms with Crippen LogP contribution in [-0.2, 0) is 11.3 Å². The number of carbonyl (C=O) groups excluding carboxylic acids is 1. The van der Waals surface area contributed by atoms with Crippen LogP contribution in [0.15, 0.2) is 22.6 Å². The van der Waals surface area contributed by atoms with E-state index in [1.54, 1.807) is 0 Å². The van der Waals surface area contributed by atoms with Crippen molar-refractivity contribution < 1.29 is 10.6 Å². The molecule has 2 saturated heterocycles. The smallest absolute Gasteiger partial charge is 0.226 e. The largest absolute Gasteiger partial charge is 0.441 e. The predicted molar refractivity (Wildman–Crippen MR) is 139 cm³/mol. The van der Waals surface area contributed by atoms with Crippen LogP contribution in [0, 0.1) is 32.6 Å². The van der Waals surface area contributed by atoms with Crippen LogP contribution in [-0.4, -0.2) is 60.0 Å². The Balaban J connectivity index is 0.00000342. The van der Waals surface area contributed by atoms with E-state index in [0.717, 1.165) is 74.9 Å². The van der Waals surface area contributed by atoms with Crippen molar-refractivity contribution in [1.82, 2.24) is 20.1 Å². The van der Waals surface area contributed by atoms with E-state index in [2.05, 4.69) is 54.1 Å². The van der Waals surface area contributed by atoms with Crippen molar-refractivity contribution in [3.8, 4) is 11.5 Å². The maximum atomic E-state index is 12.7. The van der Waals surface area contributed by atoms with Gasteiger partial charge in [-0.1, -0.05) is 24.6 Å². The molecule has 0 radical (unpaired) electrons. The van der Waals surface area contributed by atoms with Gasteiger partial charge < -0.3 is 14.6 Å². The molecule has 1 amide bonds. The Bertz CT molecular complexity index is 968. The van der Waals surface area contributed by atoms with Gasteiger partial charge in [0.05, 0.1) is 5.69 Å². The second kappa shape index (κ2) is 11.5. The van der Waals surface area contributed by atoms with Crippen molar-refractivity contribution in [3.63, 3.8) is 0 Å². The molecule has 4 rings (SSSR count). The maximum absolute atomic E-state index is 12.7. The number of hydrogen-bond donors (Lipinski definition) is 1. The number of amides is 1. The summed E-state index contributed by atoms with van der Waals surface area (Å²) in [6.07, 6.45) is 5.54. The average molecular weight is 469 g/mol. The number of benzene rings is 1. The molecule has 6 nitrogen and oxygen atoms in total. The summed E-state index contributed by atoms with van der Waals surface area (Å²) >= 11 is 0. The van der Waals surface area contributed by atoms with Crippen LogP contribution in [0.4, 0.5) is 0 Å². The summed E-state index contributed by atoms with van der Waals surface area (Å²) in [5, 5.41) is 3.20. The molecule has 2 fully saturated rings. The van der Waals surface area contributed by atoms with Crippen LogP contribution < -0.4 is 5.32 Å². The second-order valence-corrected chi connectivity index (χ2v) is 10.6. The third-order valence-corrected chi connectivity index (χ3v) is 7.54. The minimum atomic E-state index is 0. The summed E-state index contributed by atoms with van der Waals surface area (Å²) in [6.45, 7) is 15.5. The lowest BCUT2D eigenvalue weighted by molar-refractivity contribution is -0.126. The van der Waals surface area contributed by atoms with Gasteiger partial charge in [-0.05, 0) is 96.6 Å². The molecular formula is C28H44N4O2. The molecule has 6 heteroatoms. The van der Waals surface area contributed by atoms with Crippen LogP contribution >= 0.6 is 0 Å². The first-order valence-corrected chi connectivity index (χ1v) is 13.2. The normalized spacial score (nSPS) is 20.5. The molecule has 0 unspecified atom stereocenters. The summed E-state index contributed by atoms with van der Waals surface area (Å²) in [5.41, 5.74) is 4.46. The molecule has 1 N–H and O–H groups in total. The third kappa shape index (κ3) is 6.48. The Hall–Kier alpha value is -2.18. The summed E-state index contributed by atoms with van der Waals surface area (Å²) in [6, 6.07) is 6.38. The van der Waals surface area contributed by atoms with Gasteiger partial charge in [0, 0.05) is 32.5 Å². The van der Waals surface area contributed by atoms with Crippen molar-refractivity contribution in [2.45, 2.75) is 66.3 Å². The summed E-state index contributed by atoms with van der Waals surface area (Å²) < 4.78 is 6.04. The Kier molecular flexibility index (Phi) is 8.43. The van der Waals surface area contributed by atoms with Crippen molar-refractivity contribution in [2.24, 2.45) is 11.8 Å². The lowest BCUT2D eigenvalue weighted by atomic mass is 9.95. The number of nitrogens with one attached hydrogen (secondary N) is 1. The minimum absolute atomic E-state index is 0. The van der Waals surface area contributed by atoms with Gasteiger partial charge in [-0.15, -0.1) is 0 Å². The number of nitrogens with zero attached hydrogens (tertiary/aromatic N) is 3. The molecule has 0 aliphatic carbocycles. The fraction of sp³-hybridized carbons (Fsp3) is 0.643. The van der Waals surface area contributed by atoms with Gasteiger partial charge in [-0.25, -0.2) is 4.98 Å². The number of oxazole rings is 1. The van der Waals surface area contributed by atoms with E-state index in [1.807, 2.05) is 6.92 Å². The van der Waals surface area contributed by atoms with Crippen molar-refractivity contribution in [3.05, 3.63) is 40.8 Å². The Morgan fingerprint density at radius 1 is 1.15 bits per heavy atom. The lowest BCUT2D eigenvalue weighted by Gasteiger charge is -2.31. The Labute approximate surface area is 206 Å². The van der Waals surface area contributed by atoms with Crippen LogP contribution in [0.2, 0.25) is 0 Å². The molecule has 188 valence electrons. The van der Waals surface area contributed by atoms with Gasteiger partial charge in [-0.3, -0.25) is 9.69 Å². The first-order valence-electron chi connectivity index (χ1n) is 13.2. The van der Waals surface area contributed by atoms with Crippen LogP contribution in [0.5, 0.6) is 0 Å². The molecule has 3 heterocycles. The number of aryl methyl sites for hydroxylation is 3. The highest BCUT2D eigenvalue weighted by Gasteiger charge is 2.26. The molecule has 0 bridgehead atoms. The molecule has 2 aliphatic heterocycles. The van der Waals surface area contributed by atoms with Crippen molar-refractivity contribution in [2.75, 3.05) is 39.3 Å². The molecule has 2 aliphatic rings. The standard InChI is InChI=1S/C28H42N4O2.H2/c1-20-8-9-22(3)25(17-20)28-30-26(23(4)34-28)19-32-15-10-24(11-16-32)27(33)29-12-6-14-31-13-5-7-21(2)18-31;/h8-9,17,21,24H,5-7,10-16,18-19H2,1-4H3,(H,29,33);1H/t21-;/m0./s1. The molecular weight excluding hydrogens is 424 g/mol. The summed E-state index contributed by atoms with van der Waals surface area (Å²) in [5.74, 6) is 2.78. The van der Waals surface area contributed by atoms with E-state index in [-0.39, 0.29) is 13.3 Å². The molecule has 2 aromatic rings. The fourth-order valence-corrected chi connectivity index (χ4v) is 5.37. The monoisotopic (exact) mass is 468 g/mol. The summed E-state index contributed by atoms with van der Waals surface area (Å²) in [7, 11) is 0. The van der Waals surface area contributed by atoms with Gasteiger partial charge in [-0.2, -0.15) is 0 Å². The van der Waals surface area contributed by atoms with Crippen LogP contribution in [0.3, 0.4) is 0 Å². The zero-order valence-corrected chi connectivity index (χ0v) is 21.5. The summed E-state index contributed by atoms with van der Waals surface area (Å²) in [4.78, 5) is 22.5. The lowest BCUT2D eigenvalue weighted by Crippen LogP contribution is -2.41. The van der Waals surface area contributed by atoms with E-state index in [4.69, 9.17) is 9.40 Å². The number of rotatable bonds is 8. The Morgan fingerprint density at radius 3 is 2.71 bits per heavy atom. The molecule has 0 spiro atoms. The number of carbonyl (C=O) groups is 1. The highest BCUT2D eigenvalue weighted by atomic mass is 16.4. The topological polar surface area (TPSA) is 61.6 Å². The highest BCUT2D eigenvalue weighted by Crippen LogP contribution is 2.27. The zero-order chi connectivity index (χ0) is 24.1. The number of aromatic nitrogens is 1. The molecule has 1 aromatic carbocycles. The van der Waals surface area contributed by atoms with E-state index < -0.39 is 0 Å². The van der Waals surface area contributed by atoms with Gasteiger partial charge in [0.1, 0.15) is 5.76 Å². The first-order chi connectivity index (χ1) is 16.4. The van der Waals surface area contributed by atoms with Crippen molar-refractivity contribution in [1.29, 1.82) is 0 Å². The Morgan fingerprint density at radius 2 is 1.94 bits per heavy atom. The van der Waals surface area contributed by atoms with Gasteiger partial charge in [0.15, 0.2) is 0 Å². The quantitative estimate of drug-likeness (QED) is 0.555. The van der Waals surface area contributed by atoms with Crippen LogP contribution in [0.1, 0.15) is 63.0 Å². The zero-order valence-electron chi connectivity index (χ0n) is 21.5. The van der Waals surface area contributed by atoms with E-state index in [1.165, 1.54) is 37.1 Å². The average Bonchev–Trinajstić information content (AvgIpc) is 3.18. The minimum Gasteiger partial charge on any atom is -0.441 e. The van der Waals surface area contributed by atoms with Gasteiger partial charge in [0.25, 0.3) is 0 Å². The fourth-order valence-electron chi connectivity index (χ4n) is 5.37. The predicted octanol–water partition coefficient (Wildman–Crippen LogP) is 4.96. The molecule has 34 heavy (non-hydrogen) atoms. The van der Waals surface area contributed by atoms with Crippen LogP contribution in [0.25, 0.3) is 11.5 Å². The maximum Gasteiger partial charge on any atom is 0.226 e. The van der Waals surface area contributed by atoms with Gasteiger partial charge in [0.2, 0.25) is 11.8 Å². The number of hydrogen-bond acceptors (Lipinski definition) is 5. The highest BCUT2D eigenvalue weighted by molar-refractivity contribution is 5.78. The second-order valence-electron chi connectivity index (χ2n) is 10.6. The molecule has 1 aromatic heterocycles. The number of likely N-dealkylation sites (tertiary alicyclic amines) is 2. The third-order valence-electron chi connectivity index (χ3n) is 7.54. The molecule has 1 atom stereocenters. The SMILES string of the molecule is Cc1ccc(C)c(-c2nc(CN3CCC(C(=O)NCCCN4CCC[C@H](C)C4)CC3)c(C)o2)c1.[HH]. The van der Waals surface area contributed by atoms with Gasteiger partial charge >= 0.3 is 0 Å².